The molecular formula is C20H8F6N6. The molecule has 2 N–H and O–H groups in total. The van der Waals surface area contributed by atoms with Gasteiger partial charge in [-0.05, 0) is 41.5 Å². The van der Waals surface area contributed by atoms with Gasteiger partial charge in [0.1, 0.15) is 12.1 Å². The highest BCUT2D eigenvalue weighted by atomic mass is 19.4. The highest BCUT2D eigenvalue weighted by Crippen LogP contribution is 2.42. The standard InChI is InChI=1S/C20H8F6N6/c21-19(22,23)11-3-10(4-12(6-11)20(24,25)26)9-1-2-13-14(5-9)30-18-17(29-13)31-15(7-27)16(8-28)32-18/h1-6H,(H,29,31)(H,30,32). The van der Waals surface area contributed by atoms with Gasteiger partial charge in [0.05, 0.1) is 22.5 Å². The summed E-state index contributed by atoms with van der Waals surface area (Å²) in [5, 5.41) is 23.8. The highest BCUT2D eigenvalue weighted by Gasteiger charge is 2.37. The molecule has 2 aromatic carbocycles. The fourth-order valence-electron chi connectivity index (χ4n) is 3.08. The predicted molar refractivity (Wildman–Crippen MR) is 99.9 cm³/mol. The van der Waals surface area contributed by atoms with Crippen LogP contribution in [0.1, 0.15) is 22.5 Å². The molecule has 0 aliphatic carbocycles. The van der Waals surface area contributed by atoms with Crippen LogP contribution in [0.15, 0.2) is 36.4 Å². The van der Waals surface area contributed by atoms with Gasteiger partial charge in [-0.1, -0.05) is 6.07 Å². The van der Waals surface area contributed by atoms with E-state index in [0.29, 0.717) is 17.8 Å². The van der Waals surface area contributed by atoms with Gasteiger partial charge < -0.3 is 10.6 Å². The molecular weight excluding hydrogens is 438 g/mol. The Bertz CT molecular complexity index is 1300. The Morgan fingerprint density at radius 3 is 1.62 bits per heavy atom. The second kappa shape index (κ2) is 7.13. The first-order valence-electron chi connectivity index (χ1n) is 8.70. The van der Waals surface area contributed by atoms with Gasteiger partial charge in [0.25, 0.3) is 0 Å². The van der Waals surface area contributed by atoms with E-state index in [1.807, 2.05) is 0 Å². The van der Waals surface area contributed by atoms with Crippen molar-refractivity contribution < 1.29 is 26.3 Å². The van der Waals surface area contributed by atoms with Gasteiger partial charge in [-0.3, -0.25) is 0 Å². The fraction of sp³-hybridized carbons (Fsp3) is 0.100. The van der Waals surface area contributed by atoms with E-state index in [9.17, 15) is 26.3 Å². The Hall–Kier alpha value is -4.32. The number of hydrogen-bond donors (Lipinski definition) is 2. The summed E-state index contributed by atoms with van der Waals surface area (Å²) in [6, 6.07) is 8.90. The van der Waals surface area contributed by atoms with Crippen LogP contribution in [0.25, 0.3) is 11.1 Å². The van der Waals surface area contributed by atoms with Gasteiger partial charge >= 0.3 is 12.4 Å². The van der Waals surface area contributed by atoms with Crippen molar-refractivity contribution in [2.45, 2.75) is 12.4 Å². The van der Waals surface area contributed by atoms with Crippen LogP contribution in [0.4, 0.5) is 49.4 Å². The minimum absolute atomic E-state index is 0.0593. The Morgan fingerprint density at radius 2 is 1.16 bits per heavy atom. The largest absolute Gasteiger partial charge is 0.416 e. The van der Waals surface area contributed by atoms with Crippen molar-refractivity contribution in [3.05, 3.63) is 58.9 Å². The monoisotopic (exact) mass is 446 g/mol. The van der Waals surface area contributed by atoms with Gasteiger partial charge in [0, 0.05) is 0 Å². The summed E-state index contributed by atoms with van der Waals surface area (Å²) in [5.41, 5.74) is -2.82. The van der Waals surface area contributed by atoms with E-state index in [1.165, 1.54) is 18.2 Å². The summed E-state index contributed by atoms with van der Waals surface area (Å²) >= 11 is 0. The Balaban J connectivity index is 1.79. The molecule has 32 heavy (non-hydrogen) atoms. The lowest BCUT2D eigenvalue weighted by Gasteiger charge is -2.22. The number of anilines is 4. The number of nitriles is 2. The molecule has 4 rings (SSSR count). The van der Waals surface area contributed by atoms with Crippen LogP contribution >= 0.6 is 0 Å². The molecule has 2 heterocycles. The molecule has 0 bridgehead atoms. The molecule has 3 aromatic rings. The Labute approximate surface area is 175 Å². The van der Waals surface area contributed by atoms with Crippen molar-refractivity contribution in [2.24, 2.45) is 0 Å². The van der Waals surface area contributed by atoms with Crippen LogP contribution in [0, 0.1) is 22.7 Å². The molecule has 0 spiro atoms. The van der Waals surface area contributed by atoms with Gasteiger partial charge in [0.15, 0.2) is 23.0 Å². The van der Waals surface area contributed by atoms with Crippen molar-refractivity contribution in [1.29, 1.82) is 10.5 Å². The van der Waals surface area contributed by atoms with E-state index in [1.54, 1.807) is 12.1 Å². The number of rotatable bonds is 1. The molecule has 0 unspecified atom stereocenters. The summed E-state index contributed by atoms with van der Waals surface area (Å²) < 4.78 is 79.0. The zero-order chi connectivity index (χ0) is 23.3. The number of benzene rings is 2. The topological polar surface area (TPSA) is 97.4 Å². The Kier molecular flexibility index (Phi) is 4.66. The molecule has 0 radical (unpaired) electrons. The zero-order valence-electron chi connectivity index (χ0n) is 15.5. The zero-order valence-corrected chi connectivity index (χ0v) is 15.5. The average Bonchev–Trinajstić information content (AvgIpc) is 2.74. The lowest BCUT2D eigenvalue weighted by atomic mass is 9.98. The number of hydrogen-bond acceptors (Lipinski definition) is 6. The first-order valence-corrected chi connectivity index (χ1v) is 8.70. The molecule has 0 fully saturated rings. The van der Waals surface area contributed by atoms with Gasteiger partial charge in [0.2, 0.25) is 0 Å². The number of nitrogens with one attached hydrogen (secondary N) is 2. The lowest BCUT2D eigenvalue weighted by molar-refractivity contribution is -0.143. The van der Waals surface area contributed by atoms with Crippen LogP contribution in [0.5, 0.6) is 0 Å². The second-order valence-electron chi connectivity index (χ2n) is 6.65. The van der Waals surface area contributed by atoms with Crippen molar-refractivity contribution in [1.82, 2.24) is 9.97 Å². The third kappa shape index (κ3) is 3.74. The van der Waals surface area contributed by atoms with Gasteiger partial charge in [-0.25, -0.2) is 9.97 Å². The number of fused-ring (bicyclic) bond motifs is 2. The normalized spacial score (nSPS) is 12.5. The summed E-state index contributed by atoms with van der Waals surface area (Å²) in [4.78, 5) is 7.97. The smallest absolute Gasteiger partial charge is 0.335 e. The maximum atomic E-state index is 13.2. The number of alkyl halides is 6. The van der Waals surface area contributed by atoms with Crippen LogP contribution in [-0.4, -0.2) is 9.97 Å². The minimum Gasteiger partial charge on any atom is -0.335 e. The van der Waals surface area contributed by atoms with E-state index in [4.69, 9.17) is 10.5 Å². The van der Waals surface area contributed by atoms with Crippen molar-refractivity contribution in [3.63, 3.8) is 0 Å². The second-order valence-corrected chi connectivity index (χ2v) is 6.65. The highest BCUT2D eigenvalue weighted by molar-refractivity contribution is 5.89. The quantitative estimate of drug-likeness (QED) is 0.363. The van der Waals surface area contributed by atoms with E-state index in [2.05, 4.69) is 20.6 Å². The number of nitrogens with zero attached hydrogens (tertiary/aromatic N) is 4. The molecule has 12 heteroatoms. The molecule has 1 aliphatic rings. The minimum atomic E-state index is -4.97. The summed E-state index contributed by atoms with van der Waals surface area (Å²) in [7, 11) is 0. The summed E-state index contributed by atoms with van der Waals surface area (Å²) in [6.07, 6.45) is -9.94. The SMILES string of the molecule is N#Cc1nc2c(nc1C#N)Nc1cc(-c3cc(C(F)(F)F)cc(C(F)(F)F)c3)ccc1N2. The first-order chi connectivity index (χ1) is 15.0. The molecule has 0 amide bonds. The van der Waals surface area contributed by atoms with E-state index >= 15 is 0 Å². The maximum Gasteiger partial charge on any atom is 0.416 e. The summed E-state index contributed by atoms with van der Waals surface area (Å²) in [6.45, 7) is 0. The van der Waals surface area contributed by atoms with E-state index in [0.717, 1.165) is 0 Å². The van der Waals surface area contributed by atoms with Gasteiger partial charge in [-0.15, -0.1) is 0 Å². The molecule has 160 valence electrons. The molecule has 1 aliphatic heterocycles. The summed E-state index contributed by atoms with van der Waals surface area (Å²) in [5.74, 6) is 0.212. The van der Waals surface area contributed by atoms with Crippen molar-refractivity contribution in [2.75, 3.05) is 10.6 Å². The maximum absolute atomic E-state index is 13.2. The lowest BCUT2D eigenvalue weighted by Crippen LogP contribution is -2.12. The molecule has 0 atom stereocenters. The first kappa shape index (κ1) is 20.9. The Morgan fingerprint density at radius 1 is 0.656 bits per heavy atom. The van der Waals surface area contributed by atoms with E-state index in [-0.39, 0.29) is 45.9 Å². The van der Waals surface area contributed by atoms with E-state index < -0.39 is 23.5 Å². The number of aromatic nitrogens is 2. The molecule has 1 aromatic heterocycles. The third-order valence-electron chi connectivity index (χ3n) is 4.55. The average molecular weight is 446 g/mol. The molecule has 0 saturated carbocycles. The van der Waals surface area contributed by atoms with Crippen molar-refractivity contribution in [3.8, 4) is 23.3 Å². The van der Waals surface area contributed by atoms with Crippen LogP contribution in [0.3, 0.4) is 0 Å². The predicted octanol–water partition coefficient (Wildman–Crippen LogP) is 5.73. The van der Waals surface area contributed by atoms with Crippen LogP contribution < -0.4 is 10.6 Å². The fourth-order valence-corrected chi connectivity index (χ4v) is 3.08. The third-order valence-corrected chi connectivity index (χ3v) is 4.55. The van der Waals surface area contributed by atoms with Crippen LogP contribution in [-0.2, 0) is 12.4 Å². The van der Waals surface area contributed by atoms with Crippen molar-refractivity contribution >= 4 is 23.0 Å². The van der Waals surface area contributed by atoms with Gasteiger partial charge in [-0.2, -0.15) is 36.9 Å². The number of halogens is 6. The molecule has 6 nitrogen and oxygen atoms in total. The van der Waals surface area contributed by atoms with Crippen LogP contribution in [0.2, 0.25) is 0 Å². The molecule has 0 saturated heterocycles.